The fraction of sp³-hybridized carbons (Fsp3) is 0.545. The fourth-order valence-corrected chi connectivity index (χ4v) is 5.72. The van der Waals surface area contributed by atoms with Crippen molar-refractivity contribution in [2.45, 2.75) is 36.8 Å². The Morgan fingerprint density at radius 3 is 2.85 bits per heavy atom. The monoisotopic (exact) mass is 383 g/mol. The average molecular weight is 384 g/mol. The topological polar surface area (TPSA) is 92.7 Å². The molecule has 2 atom stereocenters. The van der Waals surface area contributed by atoms with Crippen LogP contribution in [-0.4, -0.2) is 38.2 Å². The highest BCUT2D eigenvalue weighted by molar-refractivity contribution is 9.11. The van der Waals surface area contributed by atoms with Gasteiger partial charge in [-0.15, -0.1) is 11.3 Å². The second-order valence-electron chi connectivity index (χ2n) is 4.58. The third-order valence-electron chi connectivity index (χ3n) is 2.96. The maximum atomic E-state index is 12.3. The minimum Gasteiger partial charge on any atom is -0.477 e. The molecular formula is C11H14BrNO5S2. The van der Waals surface area contributed by atoms with Crippen molar-refractivity contribution in [3.8, 4) is 0 Å². The van der Waals surface area contributed by atoms with Crippen molar-refractivity contribution in [2.24, 2.45) is 0 Å². The first-order valence-corrected chi connectivity index (χ1v) is 9.05. The van der Waals surface area contributed by atoms with Crippen LogP contribution in [0.2, 0.25) is 0 Å². The Morgan fingerprint density at radius 2 is 2.30 bits per heavy atom. The van der Waals surface area contributed by atoms with Gasteiger partial charge in [-0.05, 0) is 41.8 Å². The summed E-state index contributed by atoms with van der Waals surface area (Å²) in [6.07, 6.45) is 1.22. The molecule has 2 heterocycles. The van der Waals surface area contributed by atoms with Crippen LogP contribution in [0.4, 0.5) is 0 Å². The number of rotatable bonds is 4. The molecule has 1 aromatic heterocycles. The van der Waals surface area contributed by atoms with Gasteiger partial charge in [0.2, 0.25) is 10.0 Å². The molecular weight excluding hydrogens is 370 g/mol. The van der Waals surface area contributed by atoms with Gasteiger partial charge in [-0.3, -0.25) is 0 Å². The second kappa shape index (κ2) is 6.10. The summed E-state index contributed by atoms with van der Waals surface area (Å²) >= 11 is 3.99. The van der Waals surface area contributed by atoms with E-state index in [1.54, 1.807) is 0 Å². The first kappa shape index (κ1) is 15.9. The molecule has 1 aliphatic rings. The molecule has 6 nitrogen and oxygen atoms in total. The summed E-state index contributed by atoms with van der Waals surface area (Å²) in [5.74, 6) is -1.14. The van der Waals surface area contributed by atoms with E-state index < -0.39 is 16.0 Å². The van der Waals surface area contributed by atoms with E-state index in [4.69, 9.17) is 9.84 Å². The predicted octanol–water partition coefficient (Wildman–Crippen LogP) is 2.05. The molecule has 0 spiro atoms. The van der Waals surface area contributed by atoms with Crippen molar-refractivity contribution in [1.29, 1.82) is 0 Å². The molecule has 1 aromatic rings. The number of aromatic carboxylic acids is 1. The molecule has 20 heavy (non-hydrogen) atoms. The predicted molar refractivity (Wildman–Crippen MR) is 77.7 cm³/mol. The number of carbonyl (C=O) groups is 1. The number of hydrogen-bond donors (Lipinski definition) is 2. The van der Waals surface area contributed by atoms with E-state index >= 15 is 0 Å². The van der Waals surface area contributed by atoms with Gasteiger partial charge in [0.25, 0.3) is 0 Å². The molecule has 1 aliphatic heterocycles. The zero-order chi connectivity index (χ0) is 14.9. The van der Waals surface area contributed by atoms with E-state index in [1.807, 2.05) is 6.92 Å². The molecule has 0 bridgehead atoms. The van der Waals surface area contributed by atoms with E-state index in [-0.39, 0.29) is 21.9 Å². The fourth-order valence-electron chi connectivity index (χ4n) is 2.03. The van der Waals surface area contributed by atoms with Crippen molar-refractivity contribution in [2.75, 3.05) is 6.61 Å². The minimum atomic E-state index is -3.73. The van der Waals surface area contributed by atoms with E-state index in [2.05, 4.69) is 20.7 Å². The van der Waals surface area contributed by atoms with Crippen LogP contribution in [0.25, 0.3) is 0 Å². The Kier molecular flexibility index (Phi) is 4.85. The largest absolute Gasteiger partial charge is 0.477 e. The van der Waals surface area contributed by atoms with E-state index in [0.29, 0.717) is 23.2 Å². The molecule has 1 saturated heterocycles. The number of nitrogens with one attached hydrogen (secondary N) is 1. The maximum Gasteiger partial charge on any atom is 0.345 e. The van der Waals surface area contributed by atoms with Crippen LogP contribution < -0.4 is 4.72 Å². The van der Waals surface area contributed by atoms with Crippen LogP contribution in [0.15, 0.2) is 14.7 Å². The Bertz CT molecular complexity index is 612. The normalized spacial score (nSPS) is 23.7. The molecule has 1 fully saturated rings. The summed E-state index contributed by atoms with van der Waals surface area (Å²) in [5.41, 5.74) is 0. The quantitative estimate of drug-likeness (QED) is 0.829. The summed E-state index contributed by atoms with van der Waals surface area (Å²) in [6.45, 7) is 2.41. The van der Waals surface area contributed by atoms with Gasteiger partial charge in [0.05, 0.1) is 9.89 Å². The number of thiophene rings is 1. The lowest BCUT2D eigenvalue weighted by molar-refractivity contribution is 0.0173. The van der Waals surface area contributed by atoms with Crippen molar-refractivity contribution >= 4 is 43.3 Å². The lowest BCUT2D eigenvalue weighted by Gasteiger charge is -2.27. The zero-order valence-corrected chi connectivity index (χ0v) is 13.8. The molecule has 112 valence electrons. The highest BCUT2D eigenvalue weighted by Crippen LogP contribution is 2.32. The highest BCUT2D eigenvalue weighted by Gasteiger charge is 2.28. The van der Waals surface area contributed by atoms with Gasteiger partial charge >= 0.3 is 5.97 Å². The van der Waals surface area contributed by atoms with Gasteiger partial charge in [0, 0.05) is 12.6 Å². The Hall–Kier alpha value is -0.480. The molecule has 2 N–H and O–H groups in total. The molecule has 0 aromatic carbocycles. The van der Waals surface area contributed by atoms with Crippen LogP contribution in [0, 0.1) is 0 Å². The first-order chi connectivity index (χ1) is 9.29. The SMILES string of the molecule is CC1CC(NS(=O)(=O)c2cc(C(=O)O)sc2Br)CCO1. The summed E-state index contributed by atoms with van der Waals surface area (Å²) in [7, 11) is -3.73. The lowest BCUT2D eigenvalue weighted by atomic mass is 10.1. The molecule has 2 rings (SSSR count). The van der Waals surface area contributed by atoms with Gasteiger partial charge in [-0.1, -0.05) is 0 Å². The number of ether oxygens (including phenoxy) is 1. The Morgan fingerprint density at radius 1 is 1.60 bits per heavy atom. The van der Waals surface area contributed by atoms with Gasteiger partial charge in [-0.25, -0.2) is 17.9 Å². The van der Waals surface area contributed by atoms with Crippen LogP contribution in [-0.2, 0) is 14.8 Å². The summed E-state index contributed by atoms with van der Waals surface area (Å²) < 4.78 is 32.9. The standard InChI is InChI=1S/C11H14BrNO5S2/c1-6-4-7(2-3-18-6)13-20(16,17)9-5-8(11(14)15)19-10(9)12/h5-7,13H,2-4H2,1H3,(H,14,15). The molecule has 9 heteroatoms. The van der Waals surface area contributed by atoms with E-state index in [9.17, 15) is 13.2 Å². The van der Waals surface area contributed by atoms with Gasteiger partial charge in [0.15, 0.2) is 0 Å². The van der Waals surface area contributed by atoms with Crippen molar-refractivity contribution < 1.29 is 23.1 Å². The second-order valence-corrected chi connectivity index (χ2v) is 8.63. The summed E-state index contributed by atoms with van der Waals surface area (Å²) in [5, 5.41) is 8.90. The average Bonchev–Trinajstić information content (AvgIpc) is 2.71. The lowest BCUT2D eigenvalue weighted by Crippen LogP contribution is -2.41. The smallest absolute Gasteiger partial charge is 0.345 e. The molecule has 0 amide bonds. The number of carboxylic acid groups (broad SMARTS) is 1. The Labute approximate surface area is 129 Å². The number of hydrogen-bond acceptors (Lipinski definition) is 5. The molecule has 0 aliphatic carbocycles. The molecule has 0 saturated carbocycles. The van der Waals surface area contributed by atoms with E-state index in [1.165, 1.54) is 6.07 Å². The van der Waals surface area contributed by atoms with Crippen LogP contribution in [0.3, 0.4) is 0 Å². The molecule has 0 radical (unpaired) electrons. The summed E-state index contributed by atoms with van der Waals surface area (Å²) in [4.78, 5) is 10.8. The van der Waals surface area contributed by atoms with E-state index in [0.717, 1.165) is 11.3 Å². The van der Waals surface area contributed by atoms with Crippen molar-refractivity contribution in [3.05, 3.63) is 14.7 Å². The Balaban J connectivity index is 2.19. The highest BCUT2D eigenvalue weighted by atomic mass is 79.9. The number of sulfonamides is 1. The van der Waals surface area contributed by atoms with Crippen molar-refractivity contribution in [1.82, 2.24) is 4.72 Å². The zero-order valence-electron chi connectivity index (χ0n) is 10.6. The van der Waals surface area contributed by atoms with Gasteiger partial charge in [-0.2, -0.15) is 0 Å². The maximum absolute atomic E-state index is 12.3. The third kappa shape index (κ3) is 3.59. The van der Waals surface area contributed by atoms with Crippen LogP contribution in [0.5, 0.6) is 0 Å². The van der Waals surface area contributed by atoms with Crippen molar-refractivity contribution in [3.63, 3.8) is 0 Å². The minimum absolute atomic E-state index is 0.0111. The van der Waals surface area contributed by atoms with Crippen LogP contribution >= 0.6 is 27.3 Å². The number of halogens is 1. The van der Waals surface area contributed by atoms with Gasteiger partial charge < -0.3 is 9.84 Å². The van der Waals surface area contributed by atoms with Crippen LogP contribution in [0.1, 0.15) is 29.4 Å². The first-order valence-electron chi connectivity index (χ1n) is 5.96. The molecule has 2 unspecified atom stereocenters. The number of carboxylic acids is 1. The third-order valence-corrected chi connectivity index (χ3v) is 6.72. The van der Waals surface area contributed by atoms with Gasteiger partial charge in [0.1, 0.15) is 9.77 Å². The summed E-state index contributed by atoms with van der Waals surface area (Å²) in [6, 6.07) is 0.978.